The number of hydrazone groups is 2. The second kappa shape index (κ2) is 13.4. The van der Waals surface area contributed by atoms with E-state index in [9.17, 15) is 28.8 Å². The molecule has 2 amide bonds. The van der Waals surface area contributed by atoms with Crippen LogP contribution in [0.15, 0.2) is 86.7 Å². The smallest absolute Gasteiger partial charge is 0.330 e. The van der Waals surface area contributed by atoms with Gasteiger partial charge in [-0.3, -0.25) is 33.5 Å². The number of rotatable bonds is 9. The van der Waals surface area contributed by atoms with Crippen LogP contribution in [-0.4, -0.2) is 63.5 Å². The van der Waals surface area contributed by atoms with Crippen LogP contribution in [-0.2, 0) is 33.4 Å². The van der Waals surface area contributed by atoms with Crippen molar-refractivity contribution in [1.29, 1.82) is 0 Å². The molecular formula is C34H34N6O9. The Hall–Kier alpha value is -5.70. The van der Waals surface area contributed by atoms with Gasteiger partial charge in [-0.25, -0.2) is 14.8 Å². The van der Waals surface area contributed by atoms with E-state index in [2.05, 4.69) is 15.2 Å². The molecule has 3 aliphatic heterocycles. The number of para-hydroxylation sites is 2. The highest BCUT2D eigenvalue weighted by molar-refractivity contribution is 6.19. The molecule has 0 radical (unpaired) electrons. The lowest BCUT2D eigenvalue weighted by atomic mass is 9.73. The van der Waals surface area contributed by atoms with Gasteiger partial charge in [0.1, 0.15) is 25.0 Å². The number of carbonyl (C=O) groups is 4. The number of carbonyl (C=O) groups excluding carboxylic acids is 4. The molecule has 2 unspecified atom stereocenters. The van der Waals surface area contributed by atoms with E-state index >= 15 is 0 Å². The molecule has 0 spiro atoms. The molecule has 15 heteroatoms. The van der Waals surface area contributed by atoms with E-state index in [0.717, 1.165) is 4.57 Å². The van der Waals surface area contributed by atoms with Crippen LogP contribution in [0.4, 0.5) is 11.4 Å². The van der Waals surface area contributed by atoms with Crippen LogP contribution in [0.3, 0.4) is 0 Å². The first-order valence-electron chi connectivity index (χ1n) is 15.6. The Morgan fingerprint density at radius 2 is 1.39 bits per heavy atom. The van der Waals surface area contributed by atoms with Crippen molar-refractivity contribution in [2.75, 3.05) is 16.6 Å². The molecule has 3 aliphatic rings. The third-order valence-corrected chi connectivity index (χ3v) is 8.70. The van der Waals surface area contributed by atoms with Crippen molar-refractivity contribution in [2.24, 2.45) is 22.0 Å². The van der Waals surface area contributed by atoms with Crippen LogP contribution in [0.5, 0.6) is 0 Å². The van der Waals surface area contributed by atoms with E-state index in [1.54, 1.807) is 74.5 Å². The van der Waals surface area contributed by atoms with Crippen molar-refractivity contribution in [3.8, 4) is 0 Å². The van der Waals surface area contributed by atoms with Gasteiger partial charge in [0.2, 0.25) is 0 Å². The zero-order chi connectivity index (χ0) is 35.0. The van der Waals surface area contributed by atoms with Crippen molar-refractivity contribution >= 4 is 46.6 Å². The molecule has 4 heterocycles. The number of nitrogens with zero attached hydrogens (tertiary/aromatic N) is 5. The number of aromatic nitrogens is 2. The predicted molar refractivity (Wildman–Crippen MR) is 176 cm³/mol. The van der Waals surface area contributed by atoms with Crippen molar-refractivity contribution in [2.45, 2.75) is 58.5 Å². The van der Waals surface area contributed by atoms with E-state index in [-0.39, 0.29) is 18.6 Å². The topological polar surface area (TPSA) is 182 Å². The number of hydrogen-bond donors (Lipinski definition) is 1. The summed E-state index contributed by atoms with van der Waals surface area (Å²) in [6, 6.07) is 17.5. The summed E-state index contributed by atoms with van der Waals surface area (Å²) in [6.45, 7) is 5.48. The van der Waals surface area contributed by atoms with Gasteiger partial charge in [0.25, 0.3) is 17.4 Å². The lowest BCUT2D eigenvalue weighted by molar-refractivity contribution is -0.155. The first-order chi connectivity index (χ1) is 23.4. The first-order valence-corrected chi connectivity index (χ1v) is 15.6. The normalized spacial score (nSPS) is 24.1. The second-order valence-corrected chi connectivity index (χ2v) is 12.0. The molecule has 6 rings (SSSR count). The Morgan fingerprint density at radius 1 is 0.857 bits per heavy atom. The van der Waals surface area contributed by atoms with Crippen molar-refractivity contribution < 1.29 is 33.4 Å². The maximum Gasteiger partial charge on any atom is 0.330 e. The molecule has 0 saturated carbocycles. The lowest BCUT2D eigenvalue weighted by Crippen LogP contribution is -2.44. The zero-order valence-corrected chi connectivity index (χ0v) is 27.1. The van der Waals surface area contributed by atoms with Gasteiger partial charge in [0, 0.05) is 49.4 Å². The SMILES string of the molecule is CC(=O)OC[C@H]1O[C@@H](n2cc(C(C3C(=O)N(c4ccccc4)N=C3C)C3C(=O)N(c4ccccc4)N=C3C)c(=O)[nH]c2=O)C[C@@H]1OC(C)=O. The van der Waals surface area contributed by atoms with E-state index in [1.807, 2.05) is 0 Å². The number of anilines is 2. The molecule has 0 bridgehead atoms. The van der Waals surface area contributed by atoms with Crippen LogP contribution in [0.2, 0.25) is 0 Å². The number of H-pyrrole nitrogens is 1. The van der Waals surface area contributed by atoms with Crippen LogP contribution in [0.25, 0.3) is 0 Å². The average Bonchev–Trinajstić information content (AvgIpc) is 3.70. The minimum absolute atomic E-state index is 0.0170. The van der Waals surface area contributed by atoms with Gasteiger partial charge in [-0.05, 0) is 38.1 Å². The standard InChI is InChI=1S/C34H34N6O9/c1-18-28(32(44)39(36-18)22-11-7-5-8-12-22)30(29-19(2)37-40(33(29)45)23-13-9-6-10-14-23)24-16-38(34(46)35-31(24)43)27-15-25(48-21(4)42)26(49-27)17-47-20(3)41/h5-14,16,25-30H,15,17H2,1-4H3,(H,35,43,46)/t25-,26+,27+,28?,29?,30?/m0/s1. The lowest BCUT2D eigenvalue weighted by Gasteiger charge is -2.28. The number of esters is 2. The van der Waals surface area contributed by atoms with Gasteiger partial charge in [-0.2, -0.15) is 10.2 Å². The Kier molecular flexibility index (Phi) is 9.10. The number of ether oxygens (including phenoxy) is 3. The second-order valence-electron chi connectivity index (χ2n) is 12.0. The molecule has 2 aromatic carbocycles. The average molecular weight is 671 g/mol. The number of amides is 2. The summed E-state index contributed by atoms with van der Waals surface area (Å²) >= 11 is 0. The molecule has 254 valence electrons. The maximum atomic E-state index is 14.2. The van der Waals surface area contributed by atoms with Gasteiger partial charge in [0.15, 0.2) is 0 Å². The Labute approximate surface area is 279 Å². The van der Waals surface area contributed by atoms with E-state index in [4.69, 9.17) is 14.2 Å². The Bertz CT molecular complexity index is 1890. The van der Waals surface area contributed by atoms with Gasteiger partial charge < -0.3 is 14.2 Å². The zero-order valence-electron chi connectivity index (χ0n) is 27.1. The van der Waals surface area contributed by atoms with Crippen LogP contribution in [0, 0.1) is 11.8 Å². The highest BCUT2D eigenvalue weighted by Gasteiger charge is 2.51. The highest BCUT2D eigenvalue weighted by atomic mass is 16.6. The molecular weight excluding hydrogens is 636 g/mol. The summed E-state index contributed by atoms with van der Waals surface area (Å²) < 4.78 is 17.7. The van der Waals surface area contributed by atoms with Gasteiger partial charge in [0.05, 0.1) is 23.2 Å². The minimum Gasteiger partial charge on any atom is -0.463 e. The van der Waals surface area contributed by atoms with Crippen molar-refractivity contribution in [1.82, 2.24) is 9.55 Å². The first kappa shape index (κ1) is 33.2. The Morgan fingerprint density at radius 3 is 1.88 bits per heavy atom. The largest absolute Gasteiger partial charge is 0.463 e. The molecule has 15 nitrogen and oxygen atoms in total. The number of nitrogens with one attached hydrogen (secondary N) is 1. The minimum atomic E-state index is -1.16. The number of benzene rings is 2. The molecule has 49 heavy (non-hydrogen) atoms. The van der Waals surface area contributed by atoms with E-state index in [0.29, 0.717) is 22.8 Å². The molecule has 1 aromatic heterocycles. The van der Waals surface area contributed by atoms with Gasteiger partial charge in [-0.15, -0.1) is 0 Å². The fourth-order valence-corrected chi connectivity index (χ4v) is 6.56. The molecule has 5 atom stereocenters. The summed E-state index contributed by atoms with van der Waals surface area (Å²) in [7, 11) is 0. The molecule has 1 saturated heterocycles. The predicted octanol–water partition coefficient (Wildman–Crippen LogP) is 2.48. The monoisotopic (exact) mass is 670 g/mol. The van der Waals surface area contributed by atoms with Gasteiger partial charge >= 0.3 is 17.6 Å². The van der Waals surface area contributed by atoms with Crippen LogP contribution in [0.1, 0.15) is 51.8 Å². The van der Waals surface area contributed by atoms with Crippen molar-refractivity contribution in [3.63, 3.8) is 0 Å². The third kappa shape index (κ3) is 6.44. The molecule has 0 aliphatic carbocycles. The quantitative estimate of drug-likeness (QED) is 0.335. The summed E-state index contributed by atoms with van der Waals surface area (Å²) in [5, 5.41) is 11.5. The Balaban J connectivity index is 1.44. The third-order valence-electron chi connectivity index (χ3n) is 8.70. The van der Waals surface area contributed by atoms with E-state index in [1.165, 1.54) is 30.1 Å². The molecule has 1 N–H and O–H groups in total. The fraction of sp³-hybridized carbons (Fsp3) is 0.353. The summed E-state index contributed by atoms with van der Waals surface area (Å²) in [5.41, 5.74) is -0.00990. The molecule has 3 aromatic rings. The van der Waals surface area contributed by atoms with Crippen LogP contribution >= 0.6 is 0 Å². The van der Waals surface area contributed by atoms with Crippen molar-refractivity contribution in [3.05, 3.63) is 93.3 Å². The summed E-state index contributed by atoms with van der Waals surface area (Å²) in [4.78, 5) is 81.3. The number of aromatic amines is 1. The summed E-state index contributed by atoms with van der Waals surface area (Å²) in [6.07, 6.45) is -1.61. The highest BCUT2D eigenvalue weighted by Crippen LogP contribution is 2.42. The van der Waals surface area contributed by atoms with Crippen LogP contribution < -0.4 is 21.3 Å². The van der Waals surface area contributed by atoms with E-state index < -0.39 is 71.2 Å². The maximum absolute atomic E-state index is 14.2. The molecule has 1 fully saturated rings. The summed E-state index contributed by atoms with van der Waals surface area (Å²) in [5.74, 6) is -5.49. The van der Waals surface area contributed by atoms with Gasteiger partial charge in [-0.1, -0.05) is 36.4 Å². The number of hydrogen-bond acceptors (Lipinski definition) is 11. The fourth-order valence-electron chi connectivity index (χ4n) is 6.56.